The average molecular weight is 537 g/mol. The molecule has 38 heavy (non-hydrogen) atoms. The second-order valence-electron chi connectivity index (χ2n) is 8.35. The molecule has 0 bridgehead atoms. The zero-order valence-electron chi connectivity index (χ0n) is 21.0. The smallest absolute Gasteiger partial charge is 0.329 e. The van der Waals surface area contributed by atoms with Crippen LogP contribution < -0.4 is 4.74 Å². The number of aryl methyl sites for hydroxylation is 1. The number of thioether (sulfide) groups is 1. The number of hydrogen-bond donors (Lipinski definition) is 0. The third-order valence-corrected chi connectivity index (χ3v) is 6.73. The lowest BCUT2D eigenvalue weighted by molar-refractivity contribution is -0.385. The predicted octanol–water partition coefficient (Wildman–Crippen LogP) is 5.18. The number of amides is 2. The van der Waals surface area contributed by atoms with Crippen LogP contribution in [-0.2, 0) is 14.3 Å². The molecule has 4 rings (SSSR count). The van der Waals surface area contributed by atoms with Crippen LogP contribution >= 0.6 is 11.8 Å². The molecule has 0 radical (unpaired) electrons. The minimum atomic E-state index is -1.01. The van der Waals surface area contributed by atoms with E-state index in [0.717, 1.165) is 45.5 Å². The summed E-state index contributed by atoms with van der Waals surface area (Å²) in [6, 6.07) is 10.8. The number of carbonyl (C=O) groups excluding carboxylic acids is 3. The second kappa shape index (κ2) is 10.9. The van der Waals surface area contributed by atoms with Crippen molar-refractivity contribution >= 4 is 40.6 Å². The van der Waals surface area contributed by atoms with Gasteiger partial charge in [0.25, 0.3) is 16.8 Å². The Morgan fingerprint density at radius 3 is 2.50 bits per heavy atom. The van der Waals surface area contributed by atoms with Gasteiger partial charge in [0.2, 0.25) is 5.88 Å². The van der Waals surface area contributed by atoms with Crippen molar-refractivity contribution in [3.63, 3.8) is 0 Å². The van der Waals surface area contributed by atoms with E-state index in [0.29, 0.717) is 5.75 Å². The molecular formula is C26H24N4O7S. The van der Waals surface area contributed by atoms with E-state index in [1.165, 1.54) is 19.1 Å². The molecule has 0 unspecified atom stereocenters. The summed E-state index contributed by atoms with van der Waals surface area (Å²) in [6.45, 7) is 7.10. The standard InChI is InChI=1S/C26H24N4O7S/c1-5-36-25(32)17(4)29-24(31)22(38-26(29)33)13-18-12-15(2)28(16(18)3)19-6-9-21(10-7-19)37-23-11-8-20(14-27-23)30(34)35/h6-14,17H,5H2,1-4H3/b22-13-/t17-/m0/s1. The second-order valence-corrected chi connectivity index (χ2v) is 9.34. The number of nitro groups is 1. The first-order chi connectivity index (χ1) is 18.1. The number of imide groups is 1. The molecule has 12 heteroatoms. The Kier molecular flexibility index (Phi) is 7.62. The van der Waals surface area contributed by atoms with E-state index in [1.54, 1.807) is 25.1 Å². The summed E-state index contributed by atoms with van der Waals surface area (Å²) >= 11 is 0.787. The molecule has 1 saturated heterocycles. The van der Waals surface area contributed by atoms with Crippen LogP contribution in [0.3, 0.4) is 0 Å². The highest BCUT2D eigenvalue weighted by molar-refractivity contribution is 8.18. The highest BCUT2D eigenvalue weighted by atomic mass is 32.2. The number of aromatic nitrogens is 2. The Balaban J connectivity index is 1.53. The van der Waals surface area contributed by atoms with Crippen LogP contribution in [0, 0.1) is 24.0 Å². The van der Waals surface area contributed by atoms with E-state index in [-0.39, 0.29) is 23.1 Å². The molecular weight excluding hydrogens is 512 g/mol. The summed E-state index contributed by atoms with van der Waals surface area (Å²) < 4.78 is 12.6. The zero-order valence-corrected chi connectivity index (χ0v) is 21.9. The van der Waals surface area contributed by atoms with Gasteiger partial charge in [-0.05, 0) is 81.4 Å². The fourth-order valence-electron chi connectivity index (χ4n) is 3.98. The molecule has 196 valence electrons. The lowest BCUT2D eigenvalue weighted by Gasteiger charge is -2.19. The fourth-order valence-corrected chi connectivity index (χ4v) is 4.88. The third-order valence-electron chi connectivity index (χ3n) is 5.84. The minimum absolute atomic E-state index is 0.125. The number of carbonyl (C=O) groups is 3. The molecule has 0 N–H and O–H groups in total. The van der Waals surface area contributed by atoms with Crippen molar-refractivity contribution < 1.29 is 28.8 Å². The topological polar surface area (TPSA) is 134 Å². The molecule has 3 heterocycles. The first-order valence-corrected chi connectivity index (χ1v) is 12.4. The summed E-state index contributed by atoms with van der Waals surface area (Å²) in [6.07, 6.45) is 2.78. The van der Waals surface area contributed by atoms with E-state index >= 15 is 0 Å². The van der Waals surface area contributed by atoms with E-state index in [1.807, 2.05) is 36.6 Å². The van der Waals surface area contributed by atoms with Crippen molar-refractivity contribution in [3.05, 3.63) is 80.6 Å². The first kappa shape index (κ1) is 26.6. The maximum Gasteiger partial charge on any atom is 0.329 e. The van der Waals surface area contributed by atoms with Crippen molar-refractivity contribution in [1.82, 2.24) is 14.5 Å². The number of hydrogen-bond acceptors (Lipinski definition) is 9. The van der Waals surface area contributed by atoms with Gasteiger partial charge in [-0.15, -0.1) is 0 Å². The number of pyridine rings is 1. The van der Waals surface area contributed by atoms with Crippen molar-refractivity contribution in [2.75, 3.05) is 6.61 Å². The summed E-state index contributed by atoms with van der Waals surface area (Å²) in [5, 5.41) is 10.3. The lowest BCUT2D eigenvalue weighted by atomic mass is 10.2. The first-order valence-electron chi connectivity index (χ1n) is 11.6. The largest absolute Gasteiger partial charge is 0.464 e. The summed E-state index contributed by atoms with van der Waals surface area (Å²) in [5.41, 5.74) is 3.22. The Labute approximate surface area is 222 Å². The van der Waals surface area contributed by atoms with Gasteiger partial charge in [-0.25, -0.2) is 9.78 Å². The van der Waals surface area contributed by atoms with Crippen molar-refractivity contribution in [1.29, 1.82) is 0 Å². The van der Waals surface area contributed by atoms with Crippen LogP contribution in [-0.4, -0.2) is 49.1 Å². The van der Waals surface area contributed by atoms with Gasteiger partial charge in [-0.2, -0.15) is 0 Å². The van der Waals surface area contributed by atoms with Gasteiger partial charge in [0.1, 0.15) is 18.0 Å². The molecule has 1 fully saturated rings. The third kappa shape index (κ3) is 5.30. The van der Waals surface area contributed by atoms with Crippen LogP contribution in [0.2, 0.25) is 0 Å². The zero-order chi connectivity index (χ0) is 27.6. The number of nitrogens with zero attached hydrogens (tertiary/aromatic N) is 4. The van der Waals surface area contributed by atoms with Crippen molar-refractivity contribution in [2.45, 2.75) is 33.7 Å². The minimum Gasteiger partial charge on any atom is -0.464 e. The molecule has 1 aliphatic heterocycles. The van der Waals surface area contributed by atoms with E-state index in [9.17, 15) is 24.5 Å². The maximum absolute atomic E-state index is 12.9. The van der Waals surface area contributed by atoms with Gasteiger partial charge in [-0.3, -0.25) is 24.6 Å². The SMILES string of the molecule is CCOC(=O)[C@H](C)N1C(=O)S/C(=C\c2cc(C)n(-c3ccc(Oc4ccc([N+](=O)[O-])cn4)cc3)c2C)C1=O. The summed E-state index contributed by atoms with van der Waals surface area (Å²) in [4.78, 5) is 52.8. The highest BCUT2D eigenvalue weighted by Gasteiger charge is 2.41. The predicted molar refractivity (Wildman–Crippen MR) is 140 cm³/mol. The Bertz CT molecular complexity index is 1450. The lowest BCUT2D eigenvalue weighted by Crippen LogP contribution is -2.42. The van der Waals surface area contributed by atoms with Gasteiger partial charge < -0.3 is 14.0 Å². The van der Waals surface area contributed by atoms with Crippen LogP contribution in [0.25, 0.3) is 11.8 Å². The Hall–Kier alpha value is -4.45. The van der Waals surface area contributed by atoms with Crippen LogP contribution in [0.15, 0.2) is 53.6 Å². The molecule has 1 atom stereocenters. The number of rotatable bonds is 8. The van der Waals surface area contributed by atoms with E-state index in [2.05, 4.69) is 4.98 Å². The quantitative estimate of drug-likeness (QED) is 0.165. The summed E-state index contributed by atoms with van der Waals surface area (Å²) in [7, 11) is 0. The van der Waals surface area contributed by atoms with E-state index in [4.69, 9.17) is 9.47 Å². The van der Waals surface area contributed by atoms with E-state index < -0.39 is 28.1 Å². The Morgan fingerprint density at radius 2 is 1.89 bits per heavy atom. The van der Waals surface area contributed by atoms with Crippen molar-refractivity contribution in [3.8, 4) is 17.3 Å². The van der Waals surface area contributed by atoms with Gasteiger partial charge in [0.15, 0.2) is 0 Å². The Morgan fingerprint density at radius 1 is 1.18 bits per heavy atom. The van der Waals surface area contributed by atoms with Crippen molar-refractivity contribution in [2.24, 2.45) is 0 Å². The summed E-state index contributed by atoms with van der Waals surface area (Å²) in [5.74, 6) is -0.440. The molecule has 11 nitrogen and oxygen atoms in total. The monoisotopic (exact) mass is 536 g/mol. The van der Waals surface area contributed by atoms with Gasteiger partial charge in [0, 0.05) is 29.2 Å². The highest BCUT2D eigenvalue weighted by Crippen LogP contribution is 2.35. The molecule has 2 aromatic heterocycles. The number of ether oxygens (including phenoxy) is 2. The van der Waals surface area contributed by atoms with Gasteiger partial charge in [-0.1, -0.05) is 0 Å². The molecule has 0 aliphatic carbocycles. The molecule has 3 aromatic rings. The number of benzene rings is 1. The molecule has 2 amide bonds. The molecule has 1 aliphatic rings. The van der Waals surface area contributed by atoms with Crippen LogP contribution in [0.4, 0.5) is 10.5 Å². The molecule has 0 spiro atoms. The normalized spacial score (nSPS) is 15.2. The van der Waals surface area contributed by atoms with Gasteiger partial charge in [0.05, 0.1) is 16.4 Å². The fraction of sp³-hybridized carbons (Fsp3) is 0.231. The molecule has 1 aromatic carbocycles. The molecule has 0 saturated carbocycles. The van der Waals surface area contributed by atoms with Crippen LogP contribution in [0.5, 0.6) is 11.6 Å². The van der Waals surface area contributed by atoms with Crippen LogP contribution in [0.1, 0.15) is 30.8 Å². The average Bonchev–Trinajstić information content (AvgIpc) is 3.32. The maximum atomic E-state index is 12.9. The number of esters is 1. The van der Waals surface area contributed by atoms with Gasteiger partial charge >= 0.3 is 5.97 Å².